The maximum atomic E-state index is 4.68. The smallest absolute Gasteiger partial charge is 0.136 e. The molecule has 0 saturated heterocycles. The van der Waals surface area contributed by atoms with Gasteiger partial charge in [-0.15, -0.1) is 0 Å². The molecular formula is C12H18N4. The van der Waals surface area contributed by atoms with Crippen molar-refractivity contribution in [2.75, 3.05) is 24.3 Å². The third-order valence-corrected chi connectivity index (χ3v) is 3.38. The lowest BCUT2D eigenvalue weighted by Crippen LogP contribution is -2.21. The Morgan fingerprint density at radius 2 is 2.00 bits per heavy atom. The van der Waals surface area contributed by atoms with E-state index < -0.39 is 0 Å². The predicted octanol–water partition coefficient (Wildman–Crippen LogP) is 1.99. The molecule has 4 nitrogen and oxygen atoms in total. The molecule has 0 amide bonds. The van der Waals surface area contributed by atoms with Crippen molar-refractivity contribution in [3.63, 3.8) is 0 Å². The third kappa shape index (κ3) is 1.84. The van der Waals surface area contributed by atoms with Gasteiger partial charge in [-0.3, -0.25) is 0 Å². The highest BCUT2D eigenvalue weighted by atomic mass is 15.2. The van der Waals surface area contributed by atoms with Gasteiger partial charge in [-0.2, -0.15) is 0 Å². The molecule has 0 bridgehead atoms. The Balaban J connectivity index is 1.92. The summed E-state index contributed by atoms with van der Waals surface area (Å²) in [5.74, 6) is 3.65. The summed E-state index contributed by atoms with van der Waals surface area (Å²) in [6, 6.07) is 2.75. The lowest BCUT2D eigenvalue weighted by atomic mass is 10.3. The van der Waals surface area contributed by atoms with Gasteiger partial charge >= 0.3 is 0 Å². The molecule has 16 heavy (non-hydrogen) atoms. The van der Waals surface area contributed by atoms with Crippen LogP contribution in [0.5, 0.6) is 0 Å². The molecule has 0 unspecified atom stereocenters. The zero-order chi connectivity index (χ0) is 11.1. The number of rotatable bonds is 4. The van der Waals surface area contributed by atoms with E-state index in [1.54, 1.807) is 0 Å². The van der Waals surface area contributed by atoms with Crippen molar-refractivity contribution in [1.82, 2.24) is 9.97 Å². The number of aromatic nitrogens is 2. The molecule has 0 radical (unpaired) electrons. The summed E-state index contributed by atoms with van der Waals surface area (Å²) in [6.45, 7) is 0. The van der Waals surface area contributed by atoms with Crippen molar-refractivity contribution in [2.45, 2.75) is 37.6 Å². The summed E-state index contributed by atoms with van der Waals surface area (Å²) >= 11 is 0. The van der Waals surface area contributed by atoms with Gasteiger partial charge in [0.05, 0.1) is 0 Å². The largest absolute Gasteiger partial charge is 0.373 e. The van der Waals surface area contributed by atoms with Crippen molar-refractivity contribution in [3.8, 4) is 0 Å². The minimum atomic E-state index is 0.611. The van der Waals surface area contributed by atoms with Crippen LogP contribution in [0.1, 0.15) is 37.4 Å². The van der Waals surface area contributed by atoms with Gasteiger partial charge in [0.25, 0.3) is 0 Å². The highest BCUT2D eigenvalue weighted by Crippen LogP contribution is 2.39. The average Bonchev–Trinajstić information content (AvgIpc) is 3.20. The second-order valence-corrected chi connectivity index (χ2v) is 4.84. The van der Waals surface area contributed by atoms with Crippen molar-refractivity contribution >= 4 is 11.6 Å². The van der Waals surface area contributed by atoms with E-state index in [9.17, 15) is 0 Å². The molecule has 0 aromatic carbocycles. The lowest BCUT2D eigenvalue weighted by molar-refractivity contribution is 0.852. The Hall–Kier alpha value is -1.32. The Labute approximate surface area is 96.1 Å². The summed E-state index contributed by atoms with van der Waals surface area (Å²) in [4.78, 5) is 11.5. The van der Waals surface area contributed by atoms with Crippen LogP contribution in [0.3, 0.4) is 0 Å². The molecular weight excluding hydrogens is 200 g/mol. The lowest BCUT2D eigenvalue weighted by Gasteiger charge is -2.18. The molecule has 0 spiro atoms. The van der Waals surface area contributed by atoms with E-state index in [1.165, 1.54) is 25.7 Å². The van der Waals surface area contributed by atoms with Crippen molar-refractivity contribution < 1.29 is 0 Å². The van der Waals surface area contributed by atoms with Gasteiger partial charge in [0.2, 0.25) is 0 Å². The van der Waals surface area contributed by atoms with Crippen LogP contribution >= 0.6 is 0 Å². The predicted molar refractivity (Wildman–Crippen MR) is 65.0 cm³/mol. The first-order valence-electron chi connectivity index (χ1n) is 6.07. The monoisotopic (exact) mass is 218 g/mol. The molecule has 0 atom stereocenters. The fourth-order valence-corrected chi connectivity index (χ4v) is 1.93. The van der Waals surface area contributed by atoms with E-state index >= 15 is 0 Å². The molecule has 1 N–H and O–H groups in total. The molecule has 2 saturated carbocycles. The number of hydrogen-bond donors (Lipinski definition) is 1. The molecule has 4 heteroatoms. The summed E-state index contributed by atoms with van der Waals surface area (Å²) in [5, 5.41) is 3.13. The number of hydrogen-bond acceptors (Lipinski definition) is 4. The van der Waals surface area contributed by atoms with Crippen LogP contribution in [-0.2, 0) is 0 Å². The van der Waals surface area contributed by atoms with Gasteiger partial charge < -0.3 is 10.2 Å². The minimum Gasteiger partial charge on any atom is -0.373 e. The van der Waals surface area contributed by atoms with E-state index in [0.29, 0.717) is 12.0 Å². The summed E-state index contributed by atoms with van der Waals surface area (Å²) in [7, 11) is 4.05. The van der Waals surface area contributed by atoms with Gasteiger partial charge in [-0.05, 0) is 25.7 Å². The first kappa shape index (κ1) is 9.87. The molecule has 0 aliphatic heterocycles. The summed E-state index contributed by atoms with van der Waals surface area (Å²) in [6.07, 6.45) is 5.10. The van der Waals surface area contributed by atoms with E-state index in [1.807, 2.05) is 13.1 Å². The van der Waals surface area contributed by atoms with E-state index in [4.69, 9.17) is 0 Å². The van der Waals surface area contributed by atoms with E-state index in [0.717, 1.165) is 17.5 Å². The summed E-state index contributed by atoms with van der Waals surface area (Å²) in [5.41, 5.74) is 0. The molecule has 1 aromatic heterocycles. The zero-order valence-corrected chi connectivity index (χ0v) is 9.90. The fourth-order valence-electron chi connectivity index (χ4n) is 1.93. The standard InChI is InChI=1S/C12H18N4/c1-13-10-7-11(16(2)9-5-6-9)15-12(14-10)8-3-4-8/h7-9H,3-6H2,1-2H3,(H,13,14,15). The molecule has 2 aliphatic rings. The van der Waals surface area contributed by atoms with Crippen LogP contribution in [0.4, 0.5) is 11.6 Å². The minimum absolute atomic E-state index is 0.611. The van der Waals surface area contributed by atoms with Crippen LogP contribution in [0.2, 0.25) is 0 Å². The van der Waals surface area contributed by atoms with Crippen molar-refractivity contribution in [3.05, 3.63) is 11.9 Å². The van der Waals surface area contributed by atoms with Gasteiger partial charge in [0, 0.05) is 32.1 Å². The Kier molecular flexibility index (Phi) is 2.23. The average molecular weight is 218 g/mol. The number of nitrogens with one attached hydrogen (secondary N) is 1. The Morgan fingerprint density at radius 1 is 1.25 bits per heavy atom. The van der Waals surface area contributed by atoms with Gasteiger partial charge in [-0.1, -0.05) is 0 Å². The van der Waals surface area contributed by atoms with Crippen molar-refractivity contribution in [2.24, 2.45) is 0 Å². The molecule has 1 aromatic rings. The van der Waals surface area contributed by atoms with Crippen LogP contribution < -0.4 is 10.2 Å². The molecule has 1 heterocycles. The maximum Gasteiger partial charge on any atom is 0.136 e. The highest BCUT2D eigenvalue weighted by molar-refractivity contribution is 5.50. The normalized spacial score (nSPS) is 19.6. The van der Waals surface area contributed by atoms with Crippen LogP contribution in [0.15, 0.2) is 6.07 Å². The Morgan fingerprint density at radius 3 is 2.56 bits per heavy atom. The summed E-state index contributed by atoms with van der Waals surface area (Å²) < 4.78 is 0. The second-order valence-electron chi connectivity index (χ2n) is 4.84. The third-order valence-electron chi connectivity index (χ3n) is 3.38. The molecule has 86 valence electrons. The maximum absolute atomic E-state index is 4.68. The van der Waals surface area contributed by atoms with Crippen LogP contribution in [0.25, 0.3) is 0 Å². The van der Waals surface area contributed by atoms with Gasteiger partial charge in [0.15, 0.2) is 0 Å². The zero-order valence-electron chi connectivity index (χ0n) is 9.90. The number of nitrogens with zero attached hydrogens (tertiary/aromatic N) is 3. The fraction of sp³-hybridized carbons (Fsp3) is 0.667. The van der Waals surface area contributed by atoms with Gasteiger partial charge in [0.1, 0.15) is 17.5 Å². The van der Waals surface area contributed by atoms with Crippen LogP contribution in [0, 0.1) is 0 Å². The Bertz CT molecular complexity index is 396. The molecule has 2 fully saturated rings. The van der Waals surface area contributed by atoms with E-state index in [-0.39, 0.29) is 0 Å². The molecule has 2 aliphatic carbocycles. The van der Waals surface area contributed by atoms with Gasteiger partial charge in [-0.25, -0.2) is 9.97 Å². The number of anilines is 2. The first-order valence-corrected chi connectivity index (χ1v) is 6.07. The first-order chi connectivity index (χ1) is 7.78. The second kappa shape index (κ2) is 3.61. The SMILES string of the molecule is CNc1cc(N(C)C2CC2)nc(C2CC2)n1. The molecule has 3 rings (SSSR count). The highest BCUT2D eigenvalue weighted by Gasteiger charge is 2.30. The topological polar surface area (TPSA) is 41.0 Å². The van der Waals surface area contributed by atoms with Crippen LogP contribution in [-0.4, -0.2) is 30.1 Å². The van der Waals surface area contributed by atoms with Crippen molar-refractivity contribution in [1.29, 1.82) is 0 Å². The van der Waals surface area contributed by atoms with E-state index in [2.05, 4.69) is 27.2 Å². The quantitative estimate of drug-likeness (QED) is 0.839.